The van der Waals surface area contributed by atoms with Crippen LogP contribution in [0.3, 0.4) is 0 Å². The van der Waals surface area contributed by atoms with Gasteiger partial charge in [0, 0.05) is 33.4 Å². The van der Waals surface area contributed by atoms with Gasteiger partial charge >= 0.3 is 6.03 Å². The lowest BCUT2D eigenvalue weighted by Gasteiger charge is -2.37. The molecule has 2 aromatic heterocycles. The van der Waals surface area contributed by atoms with E-state index < -0.39 is 18.0 Å². The summed E-state index contributed by atoms with van der Waals surface area (Å²) < 4.78 is 6.90. The Morgan fingerprint density at radius 3 is 2.77 bits per heavy atom. The zero-order chi connectivity index (χ0) is 21.7. The molecule has 12 heteroatoms. The lowest BCUT2D eigenvalue weighted by Crippen LogP contribution is -2.62. The number of aliphatic imine (C=N–C) groups is 1. The number of likely N-dealkylation sites (tertiary alicyclic amines) is 1. The van der Waals surface area contributed by atoms with Gasteiger partial charge in [-0.3, -0.25) is 24.4 Å². The van der Waals surface area contributed by atoms with Crippen LogP contribution >= 0.6 is 0 Å². The predicted octanol–water partition coefficient (Wildman–Crippen LogP) is -0.597. The zero-order valence-electron chi connectivity index (χ0n) is 16.9. The molecule has 0 N–H and O–H groups in total. The van der Waals surface area contributed by atoms with Crippen LogP contribution in [0.4, 0.5) is 4.79 Å². The molecule has 1 atom stereocenters. The monoisotopic (exact) mass is 423 g/mol. The zero-order valence-corrected chi connectivity index (χ0v) is 16.9. The maximum Gasteiger partial charge on any atom is 0.333 e. The molecule has 158 valence electrons. The van der Waals surface area contributed by atoms with Crippen LogP contribution in [0.15, 0.2) is 33.9 Å². The number of pyridine rings is 1. The molecule has 2 fully saturated rings. The lowest BCUT2D eigenvalue weighted by atomic mass is 10.00. The summed E-state index contributed by atoms with van der Waals surface area (Å²) >= 11 is 0. The number of rotatable bonds is 4. The Kier molecular flexibility index (Phi) is 4.34. The van der Waals surface area contributed by atoms with Crippen molar-refractivity contribution in [2.24, 2.45) is 4.99 Å². The first-order valence-electron chi connectivity index (χ1n) is 9.69. The van der Waals surface area contributed by atoms with Gasteiger partial charge in [0.2, 0.25) is 11.7 Å². The Labute approximate surface area is 176 Å². The molecule has 0 aliphatic carbocycles. The number of imide groups is 1. The van der Waals surface area contributed by atoms with Crippen molar-refractivity contribution < 1.29 is 23.5 Å². The van der Waals surface area contributed by atoms with E-state index in [2.05, 4.69) is 20.1 Å². The summed E-state index contributed by atoms with van der Waals surface area (Å²) in [5.41, 5.74) is 0.621. The average molecular weight is 423 g/mol. The number of hydrogen-bond acceptors (Lipinski definition) is 8. The van der Waals surface area contributed by atoms with Crippen LogP contribution in [0.1, 0.15) is 11.8 Å². The number of carbonyl (C=O) groups excluding carboxylic acids is 3. The number of amidine groups is 1. The molecule has 3 aliphatic heterocycles. The second-order valence-corrected chi connectivity index (χ2v) is 7.58. The fraction of sp³-hybridized carbons (Fsp3) is 0.368. The molecule has 0 saturated carbocycles. The smallest absolute Gasteiger partial charge is 0.333 e. The molecular formula is C19H19N8O4+. The highest BCUT2D eigenvalue weighted by molar-refractivity contribution is 6.21. The van der Waals surface area contributed by atoms with E-state index in [4.69, 9.17) is 4.52 Å². The first-order valence-corrected chi connectivity index (χ1v) is 9.69. The SMILES string of the molecule is CN1C(=O)C2C(=NC=[N+]2CC(=O)N2CC(c3nc(-c4ccccn4)no3)C2)N(C)C1=O. The van der Waals surface area contributed by atoms with E-state index in [1.165, 1.54) is 18.3 Å². The number of nitrogens with zero attached hydrogens (tertiary/aromatic N) is 8. The van der Waals surface area contributed by atoms with Crippen LogP contribution in [0, 0.1) is 0 Å². The van der Waals surface area contributed by atoms with Gasteiger partial charge in [-0.1, -0.05) is 11.2 Å². The molecule has 1 unspecified atom stereocenters. The minimum atomic E-state index is -0.773. The van der Waals surface area contributed by atoms with E-state index in [0.717, 1.165) is 4.90 Å². The Morgan fingerprint density at radius 2 is 2.03 bits per heavy atom. The maximum atomic E-state index is 12.7. The van der Waals surface area contributed by atoms with Crippen molar-refractivity contribution in [1.82, 2.24) is 29.8 Å². The summed E-state index contributed by atoms with van der Waals surface area (Å²) in [7, 11) is 2.97. The number of fused-ring (bicyclic) bond motifs is 1. The molecule has 2 aromatic rings. The quantitative estimate of drug-likeness (QED) is 0.601. The largest absolute Gasteiger partial charge is 0.338 e. The summed E-state index contributed by atoms with van der Waals surface area (Å²) in [5.74, 6) is 0.605. The molecular weight excluding hydrogens is 404 g/mol. The molecule has 0 bridgehead atoms. The number of amides is 4. The molecule has 5 rings (SSSR count). The Balaban J connectivity index is 1.20. The second kappa shape index (κ2) is 7.07. The van der Waals surface area contributed by atoms with Crippen LogP contribution in [0.5, 0.6) is 0 Å². The number of hydrogen-bond donors (Lipinski definition) is 0. The van der Waals surface area contributed by atoms with Gasteiger partial charge < -0.3 is 9.42 Å². The van der Waals surface area contributed by atoms with Gasteiger partial charge in [-0.2, -0.15) is 4.98 Å². The van der Waals surface area contributed by atoms with Gasteiger partial charge in [0.05, 0.1) is 5.92 Å². The van der Waals surface area contributed by atoms with Crippen molar-refractivity contribution in [3.05, 3.63) is 30.3 Å². The highest BCUT2D eigenvalue weighted by Crippen LogP contribution is 2.27. The normalized spacial score (nSPS) is 21.1. The van der Waals surface area contributed by atoms with Crippen LogP contribution in [0.25, 0.3) is 11.5 Å². The lowest BCUT2D eigenvalue weighted by molar-refractivity contribution is -0.521. The third-order valence-electron chi connectivity index (χ3n) is 5.63. The van der Waals surface area contributed by atoms with Gasteiger partial charge in [0.25, 0.3) is 30.0 Å². The van der Waals surface area contributed by atoms with Crippen molar-refractivity contribution in [2.45, 2.75) is 12.0 Å². The summed E-state index contributed by atoms with van der Waals surface area (Å²) in [5, 5.41) is 3.96. The van der Waals surface area contributed by atoms with E-state index in [1.54, 1.807) is 34.9 Å². The molecule has 0 aromatic carbocycles. The molecule has 3 aliphatic rings. The van der Waals surface area contributed by atoms with E-state index >= 15 is 0 Å². The van der Waals surface area contributed by atoms with Gasteiger partial charge in [0.15, 0.2) is 6.54 Å². The Hall–Kier alpha value is -3.96. The molecule has 0 radical (unpaired) electrons. The van der Waals surface area contributed by atoms with E-state index in [-0.39, 0.29) is 18.4 Å². The Morgan fingerprint density at radius 1 is 1.23 bits per heavy atom. The maximum absolute atomic E-state index is 12.7. The third-order valence-corrected chi connectivity index (χ3v) is 5.63. The fourth-order valence-electron chi connectivity index (χ4n) is 3.77. The summed E-state index contributed by atoms with van der Waals surface area (Å²) in [4.78, 5) is 54.1. The highest BCUT2D eigenvalue weighted by atomic mass is 16.5. The van der Waals surface area contributed by atoms with E-state index in [1.807, 2.05) is 6.07 Å². The number of carbonyl (C=O) groups is 3. The summed E-state index contributed by atoms with van der Waals surface area (Å²) in [6.07, 6.45) is 3.09. The second-order valence-electron chi connectivity index (χ2n) is 7.58. The number of aromatic nitrogens is 3. The van der Waals surface area contributed by atoms with Crippen molar-refractivity contribution in [2.75, 3.05) is 33.7 Å². The minimum absolute atomic E-state index is 0.0188. The van der Waals surface area contributed by atoms with Gasteiger partial charge in [-0.15, -0.1) is 0 Å². The molecule has 5 heterocycles. The van der Waals surface area contributed by atoms with Crippen molar-refractivity contribution >= 4 is 30.0 Å². The predicted molar refractivity (Wildman–Crippen MR) is 105 cm³/mol. The summed E-state index contributed by atoms with van der Waals surface area (Å²) in [6, 6.07) is 4.22. The Bertz CT molecular complexity index is 1130. The fourth-order valence-corrected chi connectivity index (χ4v) is 3.77. The minimum Gasteiger partial charge on any atom is -0.338 e. The van der Waals surface area contributed by atoms with Crippen molar-refractivity contribution in [1.29, 1.82) is 0 Å². The van der Waals surface area contributed by atoms with Crippen LogP contribution in [-0.2, 0) is 9.59 Å². The molecule has 2 saturated heterocycles. The average Bonchev–Trinajstić information content (AvgIpc) is 3.38. The van der Waals surface area contributed by atoms with Crippen LogP contribution < -0.4 is 0 Å². The summed E-state index contributed by atoms with van der Waals surface area (Å²) in [6.45, 7) is 0.872. The number of urea groups is 1. The molecule has 31 heavy (non-hydrogen) atoms. The van der Waals surface area contributed by atoms with E-state index in [0.29, 0.717) is 36.3 Å². The topological polar surface area (TPSA) is 128 Å². The van der Waals surface area contributed by atoms with Gasteiger partial charge in [-0.25, -0.2) is 9.37 Å². The third kappa shape index (κ3) is 3.07. The highest BCUT2D eigenvalue weighted by Gasteiger charge is 2.51. The van der Waals surface area contributed by atoms with Crippen LogP contribution in [0.2, 0.25) is 0 Å². The van der Waals surface area contributed by atoms with E-state index in [9.17, 15) is 14.4 Å². The molecule has 0 spiro atoms. The van der Waals surface area contributed by atoms with Gasteiger partial charge in [0.1, 0.15) is 5.69 Å². The van der Waals surface area contributed by atoms with Crippen molar-refractivity contribution in [3.8, 4) is 11.5 Å². The standard InChI is InChI=1S/C19H19N8O4/c1-24-16-14(18(29)25(2)19(24)30)27(10-21-16)9-13(28)26-7-11(8-26)17-22-15(23-31-17)12-5-3-4-6-20-12/h3-6,10-11,14H,7-9H2,1-2H3/q+1. The first kappa shape index (κ1) is 19.0. The first-order chi connectivity index (χ1) is 14.9. The van der Waals surface area contributed by atoms with Gasteiger partial charge in [-0.05, 0) is 17.1 Å². The van der Waals surface area contributed by atoms with Crippen molar-refractivity contribution in [3.63, 3.8) is 0 Å². The van der Waals surface area contributed by atoms with Crippen LogP contribution in [-0.4, -0.2) is 104 Å². The molecule has 12 nitrogen and oxygen atoms in total. The molecule has 4 amide bonds. The number of likely N-dealkylation sites (N-methyl/N-ethyl adjacent to an activating group) is 2.